The summed E-state index contributed by atoms with van der Waals surface area (Å²) < 4.78 is 29.1. The molecular weight excluding hydrogens is 605 g/mol. The smallest absolute Gasteiger partial charge is 0.306 e. The Morgan fingerprint density at radius 1 is 0.936 bits per heavy atom. The Kier molecular flexibility index (Phi) is 10.2. The summed E-state index contributed by atoms with van der Waals surface area (Å²) in [6.45, 7) is 18.4. The number of esters is 1. The molecule has 0 aromatic rings. The Morgan fingerprint density at radius 2 is 1.70 bits per heavy atom. The minimum absolute atomic E-state index is 0.0765. The normalized spacial score (nSPS) is 41.2. The molecule has 5 aliphatic carbocycles. The Balaban J connectivity index is 1.16. The van der Waals surface area contributed by atoms with E-state index in [-0.39, 0.29) is 11.4 Å². The highest BCUT2D eigenvalue weighted by Gasteiger charge is 2.65. The zero-order chi connectivity index (χ0) is 33.7. The lowest BCUT2D eigenvalue weighted by Crippen LogP contribution is -2.64. The van der Waals surface area contributed by atoms with Gasteiger partial charge in [-0.05, 0) is 135 Å². The van der Waals surface area contributed by atoms with Crippen molar-refractivity contribution in [3.8, 4) is 0 Å². The summed E-state index contributed by atoms with van der Waals surface area (Å²) in [4.78, 5) is 14.7. The molecular formula is C40H66N2O4S. The zero-order valence-electron chi connectivity index (χ0n) is 30.7. The number of fused-ring (bicyclic) bond motifs is 7. The van der Waals surface area contributed by atoms with E-state index in [9.17, 15) is 13.2 Å². The summed E-state index contributed by atoms with van der Waals surface area (Å²) in [5.74, 6) is 4.46. The first-order chi connectivity index (χ1) is 22.3. The summed E-state index contributed by atoms with van der Waals surface area (Å²) in [7, 11) is -2.82. The maximum absolute atomic E-state index is 12.3. The van der Waals surface area contributed by atoms with Crippen molar-refractivity contribution in [3.05, 3.63) is 23.3 Å². The molecule has 4 saturated carbocycles. The number of carbonyl (C=O) groups excluding carboxylic acids is 1. The number of sulfone groups is 1. The number of allylic oxidation sites excluding steroid dienone is 4. The van der Waals surface area contributed by atoms with E-state index in [1.807, 2.05) is 6.92 Å². The third-order valence-corrected chi connectivity index (χ3v) is 16.7. The molecule has 0 aromatic heterocycles. The molecule has 0 bridgehead atoms. The minimum Gasteiger partial charge on any atom is -0.466 e. The first-order valence-electron chi connectivity index (χ1n) is 19.5. The van der Waals surface area contributed by atoms with E-state index >= 15 is 0 Å². The van der Waals surface area contributed by atoms with Crippen LogP contribution >= 0.6 is 0 Å². The molecule has 1 heterocycles. The van der Waals surface area contributed by atoms with Crippen LogP contribution in [-0.4, -0.2) is 69.1 Å². The van der Waals surface area contributed by atoms with Gasteiger partial charge in [0.05, 0.1) is 18.1 Å². The highest BCUT2D eigenvalue weighted by Crippen LogP contribution is 2.72. The average molecular weight is 671 g/mol. The predicted octanol–water partition coefficient (Wildman–Crippen LogP) is 7.74. The molecule has 7 heteroatoms. The lowest BCUT2D eigenvalue weighted by atomic mass is 9.37. The Labute approximate surface area is 287 Å². The number of hydrogen-bond acceptors (Lipinski definition) is 6. The maximum Gasteiger partial charge on any atom is 0.306 e. The topological polar surface area (TPSA) is 75.7 Å². The second-order valence-electron chi connectivity index (χ2n) is 17.6. The van der Waals surface area contributed by atoms with Crippen molar-refractivity contribution in [1.29, 1.82) is 0 Å². The number of nitrogens with zero attached hydrogens (tertiary/aromatic N) is 1. The summed E-state index contributed by atoms with van der Waals surface area (Å²) in [5, 5.41) is 4.16. The van der Waals surface area contributed by atoms with Gasteiger partial charge in [0.2, 0.25) is 0 Å². The van der Waals surface area contributed by atoms with E-state index in [1.165, 1.54) is 75.4 Å². The van der Waals surface area contributed by atoms with Crippen LogP contribution in [0.5, 0.6) is 0 Å². The molecule has 0 spiro atoms. The van der Waals surface area contributed by atoms with Crippen LogP contribution in [0.3, 0.4) is 0 Å². The summed E-state index contributed by atoms with van der Waals surface area (Å²) in [6, 6.07) is 0. The van der Waals surface area contributed by atoms with Crippen LogP contribution in [0.1, 0.15) is 125 Å². The van der Waals surface area contributed by atoms with Gasteiger partial charge in [0, 0.05) is 38.1 Å². The number of rotatable bonds is 10. The SMILES string of the molecule is CC/C=C(\CCC(=O)OCC)C1=CC[C@@]2(C)C(CC[C@@]3(C)C4CC[C@@]5(NCCN6CCS(=O)(=O)CC6)CCCC5[C@H]4CCC32)C1(C)C. The van der Waals surface area contributed by atoms with Gasteiger partial charge in [-0.15, -0.1) is 0 Å². The molecule has 47 heavy (non-hydrogen) atoms. The highest BCUT2D eigenvalue weighted by atomic mass is 32.2. The van der Waals surface area contributed by atoms with E-state index in [4.69, 9.17) is 4.74 Å². The van der Waals surface area contributed by atoms with Crippen molar-refractivity contribution in [1.82, 2.24) is 10.2 Å². The molecule has 1 aliphatic heterocycles. The molecule has 1 saturated heterocycles. The lowest BCUT2D eigenvalue weighted by molar-refractivity contribution is -0.175. The fourth-order valence-electron chi connectivity index (χ4n) is 13.2. The summed E-state index contributed by atoms with van der Waals surface area (Å²) >= 11 is 0. The fraction of sp³-hybridized carbons (Fsp3) is 0.875. The lowest BCUT2D eigenvalue weighted by Gasteiger charge is -2.68. The average Bonchev–Trinajstić information content (AvgIpc) is 3.45. The van der Waals surface area contributed by atoms with Crippen molar-refractivity contribution in [2.24, 2.45) is 45.8 Å². The van der Waals surface area contributed by atoms with Crippen LogP contribution in [0.4, 0.5) is 0 Å². The largest absolute Gasteiger partial charge is 0.466 e. The first kappa shape index (κ1) is 35.6. The monoisotopic (exact) mass is 670 g/mol. The van der Waals surface area contributed by atoms with E-state index in [1.54, 1.807) is 0 Å². The molecule has 6 aliphatic rings. The molecule has 0 amide bonds. The van der Waals surface area contributed by atoms with Crippen LogP contribution < -0.4 is 5.32 Å². The van der Waals surface area contributed by atoms with Crippen LogP contribution in [0.2, 0.25) is 0 Å². The van der Waals surface area contributed by atoms with E-state index in [2.05, 4.69) is 57.0 Å². The highest BCUT2D eigenvalue weighted by molar-refractivity contribution is 7.91. The molecule has 6 nitrogen and oxygen atoms in total. The van der Waals surface area contributed by atoms with Gasteiger partial charge in [-0.3, -0.25) is 4.79 Å². The van der Waals surface area contributed by atoms with Crippen molar-refractivity contribution in [2.45, 2.75) is 131 Å². The predicted molar refractivity (Wildman–Crippen MR) is 192 cm³/mol. The number of carbonyl (C=O) groups is 1. The van der Waals surface area contributed by atoms with E-state index in [0.717, 1.165) is 49.6 Å². The van der Waals surface area contributed by atoms with Gasteiger partial charge in [-0.25, -0.2) is 8.42 Å². The number of hydrogen-bond donors (Lipinski definition) is 1. The zero-order valence-corrected chi connectivity index (χ0v) is 31.5. The van der Waals surface area contributed by atoms with Crippen molar-refractivity contribution < 1.29 is 17.9 Å². The van der Waals surface area contributed by atoms with Crippen LogP contribution in [-0.2, 0) is 19.4 Å². The minimum atomic E-state index is -2.82. The van der Waals surface area contributed by atoms with Gasteiger partial charge in [0.25, 0.3) is 0 Å². The molecule has 0 radical (unpaired) electrons. The quantitative estimate of drug-likeness (QED) is 0.240. The van der Waals surface area contributed by atoms with Gasteiger partial charge < -0.3 is 15.0 Å². The number of nitrogens with one attached hydrogen (secondary N) is 1. The Hall–Kier alpha value is -1.18. The van der Waals surface area contributed by atoms with E-state index < -0.39 is 9.84 Å². The van der Waals surface area contributed by atoms with Gasteiger partial charge in [0.1, 0.15) is 0 Å². The molecule has 8 atom stereocenters. The fourth-order valence-corrected chi connectivity index (χ4v) is 14.5. The summed E-state index contributed by atoms with van der Waals surface area (Å²) in [5.41, 5.74) is 4.00. The summed E-state index contributed by atoms with van der Waals surface area (Å²) in [6.07, 6.45) is 20.6. The second-order valence-corrected chi connectivity index (χ2v) is 19.9. The molecule has 4 unspecified atom stereocenters. The van der Waals surface area contributed by atoms with Gasteiger partial charge in [0.15, 0.2) is 9.84 Å². The third-order valence-electron chi connectivity index (χ3n) is 15.1. The van der Waals surface area contributed by atoms with Gasteiger partial charge >= 0.3 is 5.97 Å². The molecule has 5 fully saturated rings. The maximum atomic E-state index is 12.3. The van der Waals surface area contributed by atoms with Crippen LogP contribution in [0.25, 0.3) is 0 Å². The molecule has 266 valence electrons. The third kappa shape index (κ3) is 6.46. The van der Waals surface area contributed by atoms with Crippen molar-refractivity contribution in [3.63, 3.8) is 0 Å². The van der Waals surface area contributed by atoms with Crippen molar-refractivity contribution >= 4 is 15.8 Å². The van der Waals surface area contributed by atoms with Crippen LogP contribution in [0.15, 0.2) is 23.3 Å². The number of ether oxygens (including phenoxy) is 1. The molecule has 1 N–H and O–H groups in total. The van der Waals surface area contributed by atoms with E-state index in [0.29, 0.717) is 59.9 Å². The van der Waals surface area contributed by atoms with Gasteiger partial charge in [-0.2, -0.15) is 0 Å². The first-order valence-corrected chi connectivity index (χ1v) is 21.4. The molecule has 0 aromatic carbocycles. The van der Waals surface area contributed by atoms with Gasteiger partial charge in [-0.1, -0.05) is 53.2 Å². The van der Waals surface area contributed by atoms with Crippen molar-refractivity contribution in [2.75, 3.05) is 44.3 Å². The Morgan fingerprint density at radius 3 is 2.43 bits per heavy atom. The van der Waals surface area contributed by atoms with Crippen LogP contribution in [0, 0.1) is 45.8 Å². The standard InChI is InChI=1S/C40H66N2O4S/c1-7-10-29(12-15-36(43)46-8-2)31-16-20-39(6)34(37(31,3)4)18-21-38(5)32-17-22-40(19-9-11-33(40)30(32)13-14-35(38)39)41-23-24-42-25-27-47(44,45)28-26-42/h10,16,30,32-35,41H,7-9,11-15,17-28H2,1-6H3/b29-10+/t30-,32?,33?,34?,35?,38-,39-,40-/m0/s1. The Bertz CT molecular complexity index is 1320. The second kappa shape index (κ2) is 13.5. The molecule has 6 rings (SSSR count).